The lowest BCUT2D eigenvalue weighted by molar-refractivity contribution is -0.153. The topological polar surface area (TPSA) is 98.0 Å². The standard InChI is InChI=1S/C10H9F3O5/c11-10(12,13)5-3-4(1-2-6(5)14)7(15)8(16)9(17)18/h1-3,7-8,14-16H,(H,17,18). The zero-order chi connectivity index (χ0) is 14.1. The zero-order valence-electron chi connectivity index (χ0n) is 8.72. The van der Waals surface area contributed by atoms with Crippen LogP contribution in [0.5, 0.6) is 5.75 Å². The number of aliphatic hydroxyl groups is 2. The summed E-state index contributed by atoms with van der Waals surface area (Å²) in [7, 11) is 0. The number of carboxylic acid groups (broad SMARTS) is 1. The summed E-state index contributed by atoms with van der Waals surface area (Å²) in [5.41, 5.74) is -1.88. The third kappa shape index (κ3) is 2.90. The molecule has 1 aromatic rings. The van der Waals surface area contributed by atoms with E-state index in [2.05, 4.69) is 0 Å². The molecule has 0 aliphatic carbocycles. The van der Waals surface area contributed by atoms with Gasteiger partial charge in [-0.1, -0.05) is 6.07 Å². The van der Waals surface area contributed by atoms with Gasteiger partial charge < -0.3 is 20.4 Å². The normalized spacial score (nSPS) is 15.2. The Labute approximate surface area is 98.7 Å². The molecule has 1 rings (SSSR count). The van der Waals surface area contributed by atoms with Crippen molar-refractivity contribution in [1.82, 2.24) is 0 Å². The molecule has 0 heterocycles. The van der Waals surface area contributed by atoms with Gasteiger partial charge in [0.2, 0.25) is 0 Å². The van der Waals surface area contributed by atoms with Crippen molar-refractivity contribution in [3.05, 3.63) is 29.3 Å². The molecule has 8 heteroatoms. The molecule has 0 aromatic heterocycles. The molecule has 0 spiro atoms. The molecule has 0 radical (unpaired) electrons. The first-order chi connectivity index (χ1) is 8.14. The summed E-state index contributed by atoms with van der Waals surface area (Å²) in [6.07, 6.45) is -9.13. The van der Waals surface area contributed by atoms with Crippen LogP contribution in [0.2, 0.25) is 0 Å². The summed E-state index contributed by atoms with van der Waals surface area (Å²) in [6, 6.07) is 1.93. The molecule has 100 valence electrons. The number of aliphatic hydroxyl groups excluding tert-OH is 2. The Kier molecular flexibility index (Phi) is 3.82. The van der Waals surface area contributed by atoms with Gasteiger partial charge in [0.25, 0.3) is 0 Å². The molecule has 0 aliphatic heterocycles. The SMILES string of the molecule is O=C(O)C(O)C(O)c1ccc(O)c(C(F)(F)F)c1. The minimum atomic E-state index is -4.85. The summed E-state index contributed by atoms with van der Waals surface area (Å²) >= 11 is 0. The maximum atomic E-state index is 12.4. The van der Waals surface area contributed by atoms with Crippen molar-refractivity contribution in [2.24, 2.45) is 0 Å². The molecular weight excluding hydrogens is 257 g/mol. The van der Waals surface area contributed by atoms with Gasteiger partial charge in [-0.3, -0.25) is 0 Å². The Bertz CT molecular complexity index is 457. The molecule has 0 saturated heterocycles. The van der Waals surface area contributed by atoms with Crippen LogP contribution in [0.1, 0.15) is 17.2 Å². The Morgan fingerprint density at radius 1 is 1.22 bits per heavy atom. The summed E-state index contributed by atoms with van der Waals surface area (Å²) in [4.78, 5) is 10.4. The summed E-state index contributed by atoms with van der Waals surface area (Å²) in [5.74, 6) is -2.83. The van der Waals surface area contributed by atoms with E-state index in [0.29, 0.717) is 12.1 Å². The van der Waals surface area contributed by atoms with E-state index in [1.165, 1.54) is 0 Å². The molecule has 0 aliphatic rings. The fraction of sp³-hybridized carbons (Fsp3) is 0.300. The maximum absolute atomic E-state index is 12.4. The fourth-order valence-corrected chi connectivity index (χ4v) is 1.28. The molecule has 1 aromatic carbocycles. The minimum Gasteiger partial charge on any atom is -0.507 e. The molecule has 5 nitrogen and oxygen atoms in total. The third-order valence-corrected chi connectivity index (χ3v) is 2.22. The van der Waals surface area contributed by atoms with Crippen LogP contribution in [0.4, 0.5) is 13.2 Å². The average molecular weight is 266 g/mol. The van der Waals surface area contributed by atoms with Gasteiger partial charge in [0.1, 0.15) is 11.9 Å². The highest BCUT2D eigenvalue weighted by molar-refractivity contribution is 5.73. The first kappa shape index (κ1) is 14.3. The van der Waals surface area contributed by atoms with Crippen LogP contribution in [0.15, 0.2) is 18.2 Å². The van der Waals surface area contributed by atoms with Gasteiger partial charge in [-0.05, 0) is 17.7 Å². The van der Waals surface area contributed by atoms with E-state index in [1.807, 2.05) is 0 Å². The van der Waals surface area contributed by atoms with Crippen LogP contribution < -0.4 is 0 Å². The number of rotatable bonds is 3. The van der Waals surface area contributed by atoms with Crippen LogP contribution in [-0.2, 0) is 11.0 Å². The van der Waals surface area contributed by atoms with E-state index < -0.39 is 41.2 Å². The van der Waals surface area contributed by atoms with E-state index in [9.17, 15) is 23.1 Å². The van der Waals surface area contributed by atoms with Gasteiger partial charge in [-0.2, -0.15) is 13.2 Å². The molecule has 2 unspecified atom stereocenters. The lowest BCUT2D eigenvalue weighted by atomic mass is 10.0. The zero-order valence-corrected chi connectivity index (χ0v) is 8.72. The lowest BCUT2D eigenvalue weighted by Gasteiger charge is -2.16. The smallest absolute Gasteiger partial charge is 0.419 e. The van der Waals surface area contributed by atoms with Crippen molar-refractivity contribution in [3.8, 4) is 5.75 Å². The molecule has 0 amide bonds. The van der Waals surface area contributed by atoms with E-state index >= 15 is 0 Å². The number of aromatic hydroxyl groups is 1. The van der Waals surface area contributed by atoms with Crippen molar-refractivity contribution in [2.45, 2.75) is 18.4 Å². The van der Waals surface area contributed by atoms with Crippen LogP contribution in [0, 0.1) is 0 Å². The van der Waals surface area contributed by atoms with Gasteiger partial charge in [0, 0.05) is 0 Å². The molecule has 0 saturated carbocycles. The number of phenolic OH excluding ortho intramolecular Hbond substituents is 1. The van der Waals surface area contributed by atoms with Crippen LogP contribution >= 0.6 is 0 Å². The average Bonchev–Trinajstić information content (AvgIpc) is 2.26. The van der Waals surface area contributed by atoms with Crippen LogP contribution in [-0.4, -0.2) is 32.5 Å². The minimum absolute atomic E-state index is 0.381. The van der Waals surface area contributed by atoms with Gasteiger partial charge >= 0.3 is 12.1 Å². The number of hydrogen-bond donors (Lipinski definition) is 4. The lowest BCUT2D eigenvalue weighted by Crippen LogP contribution is -2.27. The van der Waals surface area contributed by atoms with Gasteiger partial charge in [0.05, 0.1) is 5.56 Å². The summed E-state index contributed by atoms with van der Waals surface area (Å²) in [5, 5.41) is 35.8. The van der Waals surface area contributed by atoms with Gasteiger partial charge in [0.15, 0.2) is 6.10 Å². The number of halogens is 3. The molecule has 2 atom stereocenters. The van der Waals surface area contributed by atoms with E-state index in [4.69, 9.17) is 15.3 Å². The second-order valence-electron chi connectivity index (χ2n) is 3.50. The number of carbonyl (C=O) groups is 1. The number of carboxylic acids is 1. The van der Waals surface area contributed by atoms with Crippen LogP contribution in [0.25, 0.3) is 0 Å². The number of benzene rings is 1. The number of phenols is 1. The van der Waals surface area contributed by atoms with Crippen molar-refractivity contribution in [2.75, 3.05) is 0 Å². The Hall–Kier alpha value is -1.80. The largest absolute Gasteiger partial charge is 0.507 e. The van der Waals surface area contributed by atoms with Crippen molar-refractivity contribution >= 4 is 5.97 Å². The number of aliphatic carboxylic acids is 1. The highest BCUT2D eigenvalue weighted by Crippen LogP contribution is 2.37. The van der Waals surface area contributed by atoms with Crippen molar-refractivity contribution in [1.29, 1.82) is 0 Å². The van der Waals surface area contributed by atoms with Gasteiger partial charge in [-0.25, -0.2) is 4.79 Å². The Morgan fingerprint density at radius 3 is 2.22 bits per heavy atom. The second-order valence-corrected chi connectivity index (χ2v) is 3.50. The quantitative estimate of drug-likeness (QED) is 0.651. The van der Waals surface area contributed by atoms with E-state index in [-0.39, 0.29) is 0 Å². The molecule has 0 fully saturated rings. The predicted octanol–water partition coefficient (Wildman–Crippen LogP) is 0.890. The molecule has 18 heavy (non-hydrogen) atoms. The maximum Gasteiger partial charge on any atom is 0.419 e. The molecule has 4 N–H and O–H groups in total. The second kappa shape index (κ2) is 4.83. The Balaban J connectivity index is 3.17. The fourth-order valence-electron chi connectivity index (χ4n) is 1.28. The van der Waals surface area contributed by atoms with E-state index in [1.54, 1.807) is 0 Å². The predicted molar refractivity (Wildman–Crippen MR) is 51.7 cm³/mol. The first-order valence-electron chi connectivity index (χ1n) is 4.63. The van der Waals surface area contributed by atoms with Crippen molar-refractivity contribution in [3.63, 3.8) is 0 Å². The highest BCUT2D eigenvalue weighted by atomic mass is 19.4. The first-order valence-corrected chi connectivity index (χ1v) is 4.63. The summed E-state index contributed by atoms with van der Waals surface area (Å²) in [6.45, 7) is 0. The monoisotopic (exact) mass is 266 g/mol. The van der Waals surface area contributed by atoms with Crippen molar-refractivity contribution < 1.29 is 38.4 Å². The number of alkyl halides is 3. The van der Waals surface area contributed by atoms with E-state index in [0.717, 1.165) is 6.07 Å². The third-order valence-electron chi connectivity index (χ3n) is 2.22. The molecule has 0 bridgehead atoms. The highest BCUT2D eigenvalue weighted by Gasteiger charge is 2.35. The van der Waals surface area contributed by atoms with Gasteiger partial charge in [-0.15, -0.1) is 0 Å². The Morgan fingerprint density at radius 2 is 1.78 bits per heavy atom. The van der Waals surface area contributed by atoms with Crippen LogP contribution in [0.3, 0.4) is 0 Å². The molecular formula is C10H9F3O5. The summed E-state index contributed by atoms with van der Waals surface area (Å²) < 4.78 is 37.3. The number of hydrogen-bond acceptors (Lipinski definition) is 4.